The monoisotopic (exact) mass is 457 g/mol. The molecule has 1 aromatic carbocycles. The van der Waals surface area contributed by atoms with Gasteiger partial charge in [-0.25, -0.2) is 9.97 Å². The number of rotatable bonds is 4. The van der Waals surface area contributed by atoms with Gasteiger partial charge < -0.3 is 19.1 Å². The summed E-state index contributed by atoms with van der Waals surface area (Å²) in [7, 11) is 0. The number of likely N-dealkylation sites (tertiary alicyclic amines) is 1. The van der Waals surface area contributed by atoms with Crippen molar-refractivity contribution in [3.05, 3.63) is 77.5 Å². The Morgan fingerprint density at radius 2 is 1.74 bits per heavy atom. The van der Waals surface area contributed by atoms with Crippen molar-refractivity contribution >= 4 is 11.7 Å². The Kier molecular flexibility index (Phi) is 5.79. The fraction of sp³-hybridized carbons (Fsp3) is 0.444. The van der Waals surface area contributed by atoms with Gasteiger partial charge in [-0.15, -0.1) is 0 Å². The van der Waals surface area contributed by atoms with Crippen LogP contribution in [0.4, 0.5) is 5.82 Å². The van der Waals surface area contributed by atoms with Crippen LogP contribution in [0.1, 0.15) is 52.2 Å². The molecule has 3 aromatic rings. The molecule has 5 heterocycles. The van der Waals surface area contributed by atoms with Crippen molar-refractivity contribution in [1.82, 2.24) is 19.4 Å². The molecule has 7 nitrogen and oxygen atoms in total. The Bertz CT molecular complexity index is 1150. The summed E-state index contributed by atoms with van der Waals surface area (Å²) in [5, 5.41) is 0. The number of aryl methyl sites for hydroxylation is 1. The summed E-state index contributed by atoms with van der Waals surface area (Å²) in [4.78, 5) is 27.2. The highest BCUT2D eigenvalue weighted by Gasteiger charge is 2.31. The fourth-order valence-corrected chi connectivity index (χ4v) is 5.53. The Hall–Kier alpha value is -3.19. The average Bonchev–Trinajstić information content (AvgIpc) is 3.57. The van der Waals surface area contributed by atoms with Crippen molar-refractivity contribution in [2.24, 2.45) is 0 Å². The highest BCUT2D eigenvalue weighted by Crippen LogP contribution is 2.31. The van der Waals surface area contributed by atoms with E-state index >= 15 is 0 Å². The summed E-state index contributed by atoms with van der Waals surface area (Å²) < 4.78 is 7.66. The first-order chi connectivity index (χ1) is 16.7. The molecular formula is C27H31N5O2. The molecule has 0 saturated carbocycles. The lowest BCUT2D eigenvalue weighted by atomic mass is 9.95. The van der Waals surface area contributed by atoms with Crippen LogP contribution in [0.2, 0.25) is 0 Å². The van der Waals surface area contributed by atoms with E-state index in [0.29, 0.717) is 17.5 Å². The number of pyridine rings is 1. The predicted molar refractivity (Wildman–Crippen MR) is 130 cm³/mol. The maximum Gasteiger partial charge on any atom is 0.274 e. The highest BCUT2D eigenvalue weighted by molar-refractivity contribution is 5.92. The van der Waals surface area contributed by atoms with Crippen LogP contribution in [0.3, 0.4) is 0 Å². The molecule has 0 spiro atoms. The van der Waals surface area contributed by atoms with E-state index in [1.807, 2.05) is 17.2 Å². The second-order valence-corrected chi connectivity index (χ2v) is 9.60. The zero-order valence-corrected chi connectivity index (χ0v) is 19.5. The lowest BCUT2D eigenvalue weighted by Gasteiger charge is -2.29. The Labute approximate surface area is 200 Å². The molecule has 2 aromatic heterocycles. The van der Waals surface area contributed by atoms with Gasteiger partial charge in [0.25, 0.3) is 5.91 Å². The van der Waals surface area contributed by atoms with Crippen LogP contribution in [-0.4, -0.2) is 64.7 Å². The van der Waals surface area contributed by atoms with E-state index in [1.54, 1.807) is 0 Å². The number of carbonyl (C=O) groups excluding carboxylic acids is 1. The van der Waals surface area contributed by atoms with E-state index < -0.39 is 0 Å². The first kappa shape index (κ1) is 21.4. The number of imidazole rings is 1. The average molecular weight is 458 g/mol. The van der Waals surface area contributed by atoms with Crippen LogP contribution in [0.25, 0.3) is 0 Å². The minimum atomic E-state index is 0.0596. The van der Waals surface area contributed by atoms with Crippen LogP contribution in [0, 0.1) is 0 Å². The molecule has 2 atom stereocenters. The molecule has 2 unspecified atom stereocenters. The number of aromatic nitrogens is 3. The van der Waals surface area contributed by atoms with Gasteiger partial charge in [-0.05, 0) is 30.5 Å². The maximum atomic E-state index is 13.2. The van der Waals surface area contributed by atoms with Gasteiger partial charge in [0.1, 0.15) is 17.3 Å². The van der Waals surface area contributed by atoms with E-state index in [0.717, 1.165) is 82.5 Å². The molecule has 0 N–H and O–H groups in total. The largest absolute Gasteiger partial charge is 0.378 e. The number of anilines is 1. The van der Waals surface area contributed by atoms with Crippen LogP contribution in [0.15, 0.2) is 54.7 Å². The van der Waals surface area contributed by atoms with Crippen LogP contribution < -0.4 is 4.90 Å². The molecule has 0 aliphatic carbocycles. The third kappa shape index (κ3) is 4.20. The predicted octanol–water partition coefficient (Wildman–Crippen LogP) is 3.47. The molecule has 3 aliphatic rings. The van der Waals surface area contributed by atoms with Crippen LogP contribution in [-0.2, 0) is 17.7 Å². The zero-order chi connectivity index (χ0) is 22.9. The number of morpholine rings is 1. The van der Waals surface area contributed by atoms with Crippen molar-refractivity contribution in [3.63, 3.8) is 0 Å². The minimum Gasteiger partial charge on any atom is -0.378 e. The van der Waals surface area contributed by atoms with Crippen molar-refractivity contribution in [3.8, 4) is 0 Å². The van der Waals surface area contributed by atoms with Gasteiger partial charge in [-0.2, -0.15) is 0 Å². The number of nitrogens with zero attached hydrogens (tertiary/aromatic N) is 5. The molecule has 2 fully saturated rings. The molecule has 6 rings (SSSR count). The Morgan fingerprint density at radius 1 is 0.882 bits per heavy atom. The fourth-order valence-electron chi connectivity index (χ4n) is 5.53. The van der Waals surface area contributed by atoms with Gasteiger partial charge in [0, 0.05) is 62.9 Å². The highest BCUT2D eigenvalue weighted by atomic mass is 16.5. The van der Waals surface area contributed by atoms with Crippen molar-refractivity contribution in [1.29, 1.82) is 0 Å². The summed E-state index contributed by atoms with van der Waals surface area (Å²) in [6.45, 7) is 5.68. The Morgan fingerprint density at radius 3 is 2.59 bits per heavy atom. The third-order valence-electron chi connectivity index (χ3n) is 7.47. The number of hydrogen-bond donors (Lipinski definition) is 0. The molecule has 176 valence electrons. The smallest absolute Gasteiger partial charge is 0.274 e. The summed E-state index contributed by atoms with van der Waals surface area (Å²) in [5.41, 5.74) is 3.03. The number of benzene rings is 1. The summed E-state index contributed by atoms with van der Waals surface area (Å²) in [6, 6.07) is 16.9. The molecular weight excluding hydrogens is 426 g/mol. The molecule has 0 radical (unpaired) electrons. The van der Waals surface area contributed by atoms with E-state index in [9.17, 15) is 4.79 Å². The van der Waals surface area contributed by atoms with Crippen molar-refractivity contribution in [2.45, 2.75) is 37.6 Å². The van der Waals surface area contributed by atoms with Gasteiger partial charge in [-0.1, -0.05) is 36.4 Å². The molecule has 1 amide bonds. The summed E-state index contributed by atoms with van der Waals surface area (Å²) >= 11 is 0. The molecule has 3 aliphatic heterocycles. The van der Waals surface area contributed by atoms with Crippen LogP contribution >= 0.6 is 0 Å². The first-order valence-electron chi connectivity index (χ1n) is 12.4. The lowest BCUT2D eigenvalue weighted by Crippen LogP contribution is -2.37. The quantitative estimate of drug-likeness (QED) is 0.600. The minimum absolute atomic E-state index is 0.0596. The van der Waals surface area contributed by atoms with Crippen molar-refractivity contribution in [2.75, 3.05) is 44.3 Å². The molecule has 2 saturated heterocycles. The van der Waals surface area contributed by atoms with Gasteiger partial charge in [-0.3, -0.25) is 4.79 Å². The van der Waals surface area contributed by atoms with Gasteiger partial charge in [0.05, 0.1) is 13.2 Å². The SMILES string of the molecule is O=C(c1cn2c(n1)CCC(c1cccc(N3CCOCC3)n1)C2)N1CCC(c2ccccc2)C1. The number of amides is 1. The van der Waals surface area contributed by atoms with E-state index in [1.165, 1.54) is 5.56 Å². The second kappa shape index (κ2) is 9.22. The third-order valence-corrected chi connectivity index (χ3v) is 7.47. The lowest BCUT2D eigenvalue weighted by molar-refractivity contribution is 0.0785. The van der Waals surface area contributed by atoms with Gasteiger partial charge >= 0.3 is 0 Å². The molecule has 7 heteroatoms. The molecule has 0 bridgehead atoms. The van der Waals surface area contributed by atoms with E-state index in [2.05, 4.69) is 51.9 Å². The first-order valence-corrected chi connectivity index (χ1v) is 12.4. The van der Waals surface area contributed by atoms with Crippen LogP contribution in [0.5, 0.6) is 0 Å². The van der Waals surface area contributed by atoms with Crippen molar-refractivity contribution < 1.29 is 9.53 Å². The standard InChI is InChI=1S/C27H31N5O2/c33-27(31-12-11-21(17-31)20-5-2-1-3-6-20)24-19-32-18-22(9-10-26(32)29-24)23-7-4-8-25(28-23)30-13-15-34-16-14-30/h1-8,19,21-22H,9-18H2. The van der Waals surface area contributed by atoms with Gasteiger partial charge in [0.15, 0.2) is 0 Å². The van der Waals surface area contributed by atoms with E-state index in [-0.39, 0.29) is 5.91 Å². The summed E-state index contributed by atoms with van der Waals surface area (Å²) in [5.74, 6) is 2.86. The zero-order valence-electron chi connectivity index (χ0n) is 19.5. The Balaban J connectivity index is 1.14. The number of carbonyl (C=O) groups is 1. The summed E-state index contributed by atoms with van der Waals surface area (Å²) in [6.07, 6.45) is 4.85. The maximum absolute atomic E-state index is 13.2. The second-order valence-electron chi connectivity index (χ2n) is 9.60. The number of hydrogen-bond acceptors (Lipinski definition) is 5. The topological polar surface area (TPSA) is 63.5 Å². The molecule has 34 heavy (non-hydrogen) atoms. The normalized spacial score (nSPS) is 22.6. The van der Waals surface area contributed by atoms with E-state index in [4.69, 9.17) is 14.7 Å². The number of fused-ring (bicyclic) bond motifs is 1. The number of ether oxygens (including phenoxy) is 1. The van der Waals surface area contributed by atoms with Gasteiger partial charge in [0.2, 0.25) is 0 Å².